The molecule has 1 aliphatic carbocycles. The van der Waals surface area contributed by atoms with Crippen molar-refractivity contribution in [1.29, 1.82) is 0 Å². The summed E-state index contributed by atoms with van der Waals surface area (Å²) < 4.78 is 62.6. The average Bonchev–Trinajstić information content (AvgIpc) is 3.72. The van der Waals surface area contributed by atoms with Crippen molar-refractivity contribution in [2.75, 3.05) is 0 Å². The molecule has 0 atom stereocenters. The Balaban J connectivity index is 0.000000201. The van der Waals surface area contributed by atoms with Gasteiger partial charge in [-0.3, -0.25) is 0 Å². The van der Waals surface area contributed by atoms with Crippen LogP contribution in [0.4, 0.5) is 0 Å². The quantitative estimate of drug-likeness (QED) is 0.158. The van der Waals surface area contributed by atoms with Gasteiger partial charge in [0.1, 0.15) is 0 Å². The fraction of sp³-hybridized carbons (Fsp3) is 0.190. The molecule has 0 amide bonds. The number of aryl methyl sites for hydroxylation is 2. The van der Waals surface area contributed by atoms with Crippen LogP contribution < -0.4 is 0 Å². The third-order valence-corrected chi connectivity index (χ3v) is 7.76. The Morgan fingerprint density at radius 1 is 0.733 bits per heavy atom. The minimum Gasteiger partial charge on any atom is -0.305 e. The Morgan fingerprint density at radius 2 is 1.56 bits per heavy atom. The van der Waals surface area contributed by atoms with Gasteiger partial charge in [0.2, 0.25) is 0 Å². The van der Waals surface area contributed by atoms with E-state index in [4.69, 9.17) is 11.0 Å². The van der Waals surface area contributed by atoms with Crippen LogP contribution in [0.5, 0.6) is 0 Å². The smallest absolute Gasteiger partial charge is 0.0319 e. The van der Waals surface area contributed by atoms with Crippen LogP contribution in [0.3, 0.4) is 0 Å². The summed E-state index contributed by atoms with van der Waals surface area (Å²) in [7, 11) is 0. The van der Waals surface area contributed by atoms with Crippen molar-refractivity contribution in [2.24, 2.45) is 5.92 Å². The van der Waals surface area contributed by atoms with Gasteiger partial charge < -0.3 is 9.97 Å². The number of nitrogens with zero attached hydrogens (tertiary/aromatic N) is 2. The van der Waals surface area contributed by atoms with Crippen LogP contribution >= 0.6 is 0 Å². The molecule has 1 saturated carbocycles. The summed E-state index contributed by atoms with van der Waals surface area (Å²) >= 11 is 0. The van der Waals surface area contributed by atoms with Gasteiger partial charge in [-0.1, -0.05) is 111 Å². The van der Waals surface area contributed by atoms with E-state index in [-0.39, 0.29) is 37.2 Å². The van der Waals surface area contributed by atoms with Gasteiger partial charge in [-0.15, -0.1) is 65.2 Å². The predicted molar refractivity (Wildman–Crippen MR) is 183 cm³/mol. The molecule has 2 aromatic heterocycles. The normalized spacial score (nSPS) is 16.1. The molecule has 1 fully saturated rings. The number of pyridine rings is 2. The van der Waals surface area contributed by atoms with Crippen LogP contribution in [-0.4, -0.2) is 9.97 Å². The van der Waals surface area contributed by atoms with E-state index in [1.54, 1.807) is 12.1 Å². The van der Waals surface area contributed by atoms with Gasteiger partial charge in [-0.05, 0) is 64.4 Å². The Kier molecular flexibility index (Phi) is 8.10. The zero-order valence-electron chi connectivity index (χ0n) is 32.8. The van der Waals surface area contributed by atoms with Crippen LogP contribution in [0, 0.1) is 31.8 Å². The van der Waals surface area contributed by atoms with Crippen LogP contribution in [-0.2, 0) is 26.5 Å². The Bertz CT molecular complexity index is 2080. The molecule has 45 heavy (non-hydrogen) atoms. The topological polar surface area (TPSA) is 25.8 Å². The van der Waals surface area contributed by atoms with Crippen molar-refractivity contribution < 1.29 is 31.1 Å². The molecule has 7 rings (SSSR count). The molecule has 6 aromatic rings. The third kappa shape index (κ3) is 8.51. The van der Waals surface area contributed by atoms with Crippen molar-refractivity contribution in [1.82, 2.24) is 9.97 Å². The SMILES string of the molecule is [2H]C([2H])([2H])c1ccc(-c2[c-]cc(C([2H])([2H])[2H])c(-c3ccccc3)c2)nc1.[2H]C([2H])(c1ccc(-c2ccnc(-c3[c-]cccc3)c2)cc1)C1CCCC1.[Ir]. The molecule has 0 aliphatic heterocycles. The summed E-state index contributed by atoms with van der Waals surface area (Å²) in [4.78, 5) is 8.66. The van der Waals surface area contributed by atoms with Gasteiger partial charge in [-0.25, -0.2) is 0 Å². The fourth-order valence-corrected chi connectivity index (χ4v) is 5.42. The molecular weight excluding hydrogens is 725 g/mol. The maximum atomic E-state index is 8.54. The first kappa shape index (κ1) is 23.2. The maximum absolute atomic E-state index is 8.54. The van der Waals surface area contributed by atoms with Crippen molar-refractivity contribution >= 4 is 0 Å². The Morgan fingerprint density at radius 3 is 2.27 bits per heavy atom. The fourth-order valence-electron chi connectivity index (χ4n) is 5.42. The molecule has 2 heterocycles. The molecule has 227 valence electrons. The Hall–Kier alpha value is -4.17. The van der Waals surface area contributed by atoms with Crippen LogP contribution in [0.25, 0.3) is 44.8 Å². The summed E-state index contributed by atoms with van der Waals surface area (Å²) in [5.41, 5.74) is 7.71. The molecule has 0 N–H and O–H groups in total. The molecule has 0 spiro atoms. The second-order valence-corrected chi connectivity index (χ2v) is 10.9. The van der Waals surface area contributed by atoms with E-state index in [1.807, 2.05) is 91.1 Å². The molecule has 0 saturated heterocycles. The number of rotatable bonds is 6. The summed E-state index contributed by atoms with van der Waals surface area (Å²) in [6.07, 6.45) is 6.19. The van der Waals surface area contributed by atoms with Crippen molar-refractivity contribution in [2.45, 2.75) is 45.8 Å². The number of hydrogen-bond donors (Lipinski definition) is 0. The second kappa shape index (κ2) is 15.7. The predicted octanol–water partition coefficient (Wildman–Crippen LogP) is 10.8. The van der Waals surface area contributed by atoms with Crippen LogP contribution in [0.2, 0.25) is 0 Å². The van der Waals surface area contributed by atoms with E-state index in [2.05, 4.69) is 28.2 Å². The number of aromatic nitrogens is 2. The van der Waals surface area contributed by atoms with Crippen LogP contribution in [0.1, 0.15) is 53.3 Å². The van der Waals surface area contributed by atoms with E-state index in [9.17, 15) is 0 Å². The van der Waals surface area contributed by atoms with E-state index in [1.165, 1.54) is 18.3 Å². The monoisotopic (exact) mass is 771 g/mol. The van der Waals surface area contributed by atoms with Crippen molar-refractivity contribution in [3.05, 3.63) is 156 Å². The molecule has 4 aromatic carbocycles. The molecule has 1 aliphatic rings. The minimum atomic E-state index is -2.27. The van der Waals surface area contributed by atoms with E-state index >= 15 is 0 Å². The van der Waals surface area contributed by atoms with E-state index in [0.29, 0.717) is 16.8 Å². The first-order valence-corrected chi connectivity index (χ1v) is 14.9. The van der Waals surface area contributed by atoms with Gasteiger partial charge in [0.15, 0.2) is 0 Å². The molecule has 0 unspecified atom stereocenters. The van der Waals surface area contributed by atoms with Gasteiger partial charge in [0, 0.05) is 43.5 Å². The Labute approximate surface area is 293 Å². The number of hydrogen-bond acceptors (Lipinski definition) is 2. The van der Waals surface area contributed by atoms with Gasteiger partial charge in [0.25, 0.3) is 0 Å². The summed E-state index contributed by atoms with van der Waals surface area (Å²) in [6.45, 7) is -4.48. The molecule has 0 bridgehead atoms. The van der Waals surface area contributed by atoms with Gasteiger partial charge in [0.05, 0.1) is 0 Å². The first-order valence-electron chi connectivity index (χ1n) is 18.9. The zero-order valence-corrected chi connectivity index (χ0v) is 27.2. The summed E-state index contributed by atoms with van der Waals surface area (Å²) in [5.74, 6) is 0.148. The second-order valence-electron chi connectivity index (χ2n) is 10.9. The van der Waals surface area contributed by atoms with Gasteiger partial charge >= 0.3 is 0 Å². The number of benzene rings is 4. The summed E-state index contributed by atoms with van der Waals surface area (Å²) in [6, 6.07) is 41.6. The van der Waals surface area contributed by atoms with E-state index in [0.717, 1.165) is 59.2 Å². The maximum Gasteiger partial charge on any atom is 0.0319 e. The van der Waals surface area contributed by atoms with E-state index < -0.39 is 20.1 Å². The molecule has 2 nitrogen and oxygen atoms in total. The first-order chi connectivity index (χ1) is 24.8. The minimum absolute atomic E-state index is 0. The molecule has 3 heteroatoms. The molecular formula is C42H38IrN2-2. The van der Waals surface area contributed by atoms with Crippen molar-refractivity contribution in [3.63, 3.8) is 0 Å². The van der Waals surface area contributed by atoms with Crippen molar-refractivity contribution in [3.8, 4) is 44.8 Å². The average molecular weight is 771 g/mol. The third-order valence-electron chi connectivity index (χ3n) is 7.76. The largest absolute Gasteiger partial charge is 0.305 e. The van der Waals surface area contributed by atoms with Gasteiger partial charge in [-0.2, -0.15) is 0 Å². The standard InChI is InChI=1S/C23H22N.C19H16N.Ir/c1-2-8-21(9-3-1)23-17-22(14-15-24-23)20-12-10-19(11-13-20)16-18-6-4-5-7-18;1-14-8-11-19(20-13-14)17-10-9-15(2)18(12-17)16-6-4-3-5-7-16;/h1-3,8,10-15,17-18H,4-7,16H2;3-9,11-13H,1-2H3;/q2*-1;/i16D2;1D3,2D3;. The summed E-state index contributed by atoms with van der Waals surface area (Å²) in [5, 5.41) is 0. The van der Waals surface area contributed by atoms with Crippen LogP contribution in [0.15, 0.2) is 128 Å². The molecule has 1 radical (unpaired) electrons. The zero-order chi connectivity index (χ0) is 36.9.